The fourth-order valence-electron chi connectivity index (χ4n) is 9.59. The minimum absolute atomic E-state index is 0. The molecule has 3 aromatic carbocycles. The standard InChI is InChI=1S/C22H21N3O2.C15H17BrN2O2.C14H15BrN2O2.C7H5N.C4H8O.CH3I.ClH.Na.H/c1-22(27-2)11-10-20-24-19-15-16(6-8-17-5-3-4-13-23-17)7-9-18(19)21(26)25(20)14-12-22;1-15(20-2)6-5-13-17-12-9-10(16)3-4-11(12)14(19)18(13)8-7-15;1-14(19)5-4-12-16-11-8-9(15)2-3-10(11)13(18)17(12)7-6-14;1-2-7-5-3-4-6-8-7;1-2-4-5-3-1;1-2;;;/h3-5,7,9,13,15H,10-12,14H2,1-2H3;3-4,9H,5-8H2,1-2H3;2-3,8,19H,4-7H2,1H3;1,3-6H;1-4H2;1H3;1H;;/q;;;;;;;+1;-1. The third-order valence-electron chi connectivity index (χ3n) is 14.9. The van der Waals surface area contributed by atoms with Gasteiger partial charge in [-0.05, 0) is 162 Å². The van der Waals surface area contributed by atoms with Gasteiger partial charge in [0.05, 0.1) is 49.5 Å². The average molecular weight is 1400 g/mol. The zero-order valence-corrected chi connectivity index (χ0v) is 56.4. The van der Waals surface area contributed by atoms with Gasteiger partial charge in [0, 0.05) is 93.2 Å². The number of terminal acetylenes is 1. The molecule has 3 unspecified atom stereocenters. The Bertz CT molecular complexity index is 3760. The van der Waals surface area contributed by atoms with Crippen LogP contribution in [0, 0.1) is 24.2 Å². The second-order valence-corrected chi connectivity index (χ2v) is 22.5. The molecule has 12 rings (SSSR count). The van der Waals surface area contributed by atoms with E-state index in [0.717, 1.165) is 89.2 Å². The van der Waals surface area contributed by atoms with E-state index in [1.807, 2.05) is 90.7 Å². The molecule has 83 heavy (non-hydrogen) atoms. The Labute approximate surface area is 545 Å². The molecule has 3 atom stereocenters. The van der Waals surface area contributed by atoms with Gasteiger partial charge in [0.25, 0.3) is 16.7 Å². The van der Waals surface area contributed by atoms with Crippen molar-refractivity contribution in [3.8, 4) is 24.2 Å². The number of aliphatic hydroxyl groups is 1. The fourth-order valence-corrected chi connectivity index (χ4v) is 10.3. The molecule has 8 aromatic rings. The van der Waals surface area contributed by atoms with Crippen LogP contribution in [0.2, 0.25) is 0 Å². The van der Waals surface area contributed by atoms with Gasteiger partial charge in [0.1, 0.15) is 28.9 Å². The fraction of sp³-hybridized carbons (Fsp3) is 0.397. The van der Waals surface area contributed by atoms with Crippen molar-refractivity contribution in [2.24, 2.45) is 0 Å². The summed E-state index contributed by atoms with van der Waals surface area (Å²) in [7, 11) is 3.47. The summed E-state index contributed by atoms with van der Waals surface area (Å²) in [6.07, 6.45) is 17.7. The summed E-state index contributed by atoms with van der Waals surface area (Å²) in [6.45, 7) is 9.83. The van der Waals surface area contributed by atoms with Crippen molar-refractivity contribution >= 4 is 99.6 Å². The molecule has 0 aliphatic carbocycles. The molecule has 15 nitrogen and oxygen atoms in total. The number of ether oxygens (including phenoxy) is 3. The van der Waals surface area contributed by atoms with Crippen molar-refractivity contribution in [1.82, 2.24) is 38.6 Å². The van der Waals surface area contributed by atoms with E-state index in [9.17, 15) is 19.5 Å². The molecular weight excluding hydrogens is 1330 g/mol. The molecule has 434 valence electrons. The minimum Gasteiger partial charge on any atom is -1.00 e. The van der Waals surface area contributed by atoms with Gasteiger partial charge >= 0.3 is 29.6 Å². The second kappa shape index (κ2) is 32.7. The maximum Gasteiger partial charge on any atom is 1.00 e. The molecule has 0 spiro atoms. The predicted molar refractivity (Wildman–Crippen MR) is 344 cm³/mol. The number of methoxy groups -OCH3 is 2. The Hall–Kier alpha value is -4.68. The topological polar surface area (TPSA) is 178 Å². The van der Waals surface area contributed by atoms with E-state index < -0.39 is 5.60 Å². The zero-order chi connectivity index (χ0) is 58.2. The summed E-state index contributed by atoms with van der Waals surface area (Å²) < 4.78 is 23.4. The number of halogens is 4. The van der Waals surface area contributed by atoms with Crippen LogP contribution in [0.15, 0.2) is 127 Å². The summed E-state index contributed by atoms with van der Waals surface area (Å²) >= 11 is 8.98. The molecule has 1 fully saturated rings. The Balaban J connectivity index is 0.000000239. The van der Waals surface area contributed by atoms with Gasteiger partial charge < -0.3 is 20.7 Å². The van der Waals surface area contributed by atoms with Crippen LogP contribution < -0.4 is 46.2 Å². The quantitative estimate of drug-likeness (QED) is 0.0757. The molecule has 0 radical (unpaired) electrons. The molecule has 9 heterocycles. The first-order valence-corrected chi connectivity index (χ1v) is 30.7. The molecule has 0 saturated carbocycles. The van der Waals surface area contributed by atoms with Gasteiger partial charge in [0.15, 0.2) is 0 Å². The van der Waals surface area contributed by atoms with E-state index in [1.54, 1.807) is 52.4 Å². The molecule has 0 bridgehead atoms. The van der Waals surface area contributed by atoms with Crippen molar-refractivity contribution in [3.05, 3.63) is 178 Å². The van der Waals surface area contributed by atoms with Crippen molar-refractivity contribution < 1.29 is 50.3 Å². The molecule has 4 aliphatic heterocycles. The molecule has 1 saturated heterocycles. The number of fused-ring (bicyclic) bond motifs is 6. The summed E-state index contributed by atoms with van der Waals surface area (Å²) in [6, 6.07) is 27.8. The van der Waals surface area contributed by atoms with E-state index in [1.165, 1.54) is 12.8 Å². The average Bonchev–Trinajstić information content (AvgIpc) is 2.17. The third-order valence-corrected chi connectivity index (χ3v) is 15.9. The smallest absolute Gasteiger partial charge is 1.00 e. The first-order valence-electron chi connectivity index (χ1n) is 27.0. The first-order chi connectivity index (χ1) is 39.0. The molecule has 20 heteroatoms. The molecule has 1 N–H and O–H groups in total. The number of aromatic nitrogens is 8. The van der Waals surface area contributed by atoms with Crippen LogP contribution in [0.25, 0.3) is 32.7 Å². The zero-order valence-electron chi connectivity index (χ0n) is 49.2. The van der Waals surface area contributed by atoms with E-state index in [0.29, 0.717) is 77.5 Å². The number of benzene rings is 3. The second-order valence-electron chi connectivity index (χ2n) is 20.7. The summed E-state index contributed by atoms with van der Waals surface area (Å²) in [5, 5.41) is 12.1. The van der Waals surface area contributed by atoms with Gasteiger partial charge in [-0.1, -0.05) is 78.4 Å². The van der Waals surface area contributed by atoms with Crippen LogP contribution in [0.3, 0.4) is 0 Å². The van der Waals surface area contributed by atoms with E-state index in [4.69, 9.17) is 25.6 Å². The molecule has 0 amide bonds. The molecular formula is C63H71Br2ClIN8NaO7. The van der Waals surface area contributed by atoms with Gasteiger partial charge in [0.2, 0.25) is 0 Å². The molecule has 4 aliphatic rings. The predicted octanol–water partition coefficient (Wildman–Crippen LogP) is 8.53. The number of nitrogens with zero attached hydrogens (tertiary/aromatic N) is 8. The van der Waals surface area contributed by atoms with Crippen molar-refractivity contribution in [2.45, 2.75) is 128 Å². The van der Waals surface area contributed by atoms with Gasteiger partial charge in [-0.15, -0.1) is 18.8 Å². The monoisotopic (exact) mass is 1390 g/mol. The number of alkyl halides is 1. The van der Waals surface area contributed by atoms with Crippen molar-refractivity contribution in [3.63, 3.8) is 0 Å². The van der Waals surface area contributed by atoms with Crippen LogP contribution in [0.1, 0.15) is 108 Å². The third kappa shape index (κ3) is 18.9. The Morgan fingerprint density at radius 3 is 1.42 bits per heavy atom. The Kier molecular flexibility index (Phi) is 27.2. The maximum absolute atomic E-state index is 13.0. The number of hydrogen-bond donors (Lipinski definition) is 1. The van der Waals surface area contributed by atoms with Gasteiger partial charge in [-0.2, -0.15) is 0 Å². The number of rotatable bonds is 2. The van der Waals surface area contributed by atoms with E-state index >= 15 is 0 Å². The first kappa shape index (κ1) is 69.1. The minimum atomic E-state index is -0.715. The number of pyridine rings is 2. The van der Waals surface area contributed by atoms with Gasteiger partial charge in [-0.25, -0.2) is 24.9 Å². The Morgan fingerprint density at radius 2 is 1.02 bits per heavy atom. The van der Waals surface area contributed by atoms with Crippen molar-refractivity contribution in [2.75, 3.05) is 32.4 Å². The van der Waals surface area contributed by atoms with Gasteiger partial charge in [-0.3, -0.25) is 28.1 Å². The Morgan fingerprint density at radius 1 is 0.602 bits per heavy atom. The van der Waals surface area contributed by atoms with Crippen LogP contribution >= 0.6 is 66.9 Å². The summed E-state index contributed by atoms with van der Waals surface area (Å²) in [5.41, 5.74) is 3.34. The van der Waals surface area contributed by atoms with Crippen molar-refractivity contribution in [1.29, 1.82) is 0 Å². The normalized spacial score (nSPS) is 19.2. The summed E-state index contributed by atoms with van der Waals surface area (Å²) in [5.74, 6) is 11.0. The summed E-state index contributed by atoms with van der Waals surface area (Å²) in [4.78, 5) is 62.1. The maximum atomic E-state index is 13.0. The molecule has 5 aromatic heterocycles. The number of aryl methyl sites for hydroxylation is 3. The SMILES string of the molecule is C#Cc1ccccn1.C1CCOC1.CC1(O)CCc2nc3cc(Br)ccc3c(=O)n2CC1.CI.COC1(C)CCc2nc3cc(Br)ccc3c(=O)n2CC1.COC1(C)CCc2nc3cc(C#Cc4ccccn4)ccc3c(=O)n2CC1.Cl.[H-].[Na+]. The van der Waals surface area contributed by atoms with Crippen LogP contribution in [-0.2, 0) is 53.1 Å². The van der Waals surface area contributed by atoms with E-state index in [2.05, 4.69) is 106 Å². The van der Waals surface area contributed by atoms with E-state index in [-0.39, 0.29) is 71.3 Å². The van der Waals surface area contributed by atoms with Crippen LogP contribution in [0.4, 0.5) is 0 Å². The van der Waals surface area contributed by atoms with Crippen LogP contribution in [0.5, 0.6) is 0 Å². The largest absolute Gasteiger partial charge is 1.00 e. The number of hydrogen-bond acceptors (Lipinski definition) is 12. The van der Waals surface area contributed by atoms with Crippen LogP contribution in [-0.4, -0.2) is 92.9 Å².